The molecule has 4 heterocycles. The normalized spacial score (nSPS) is 30.8. The first-order valence-corrected chi connectivity index (χ1v) is 10.1. The molecule has 0 spiro atoms. The monoisotopic (exact) mass is 349 g/mol. The van der Waals surface area contributed by atoms with Gasteiger partial charge in [0.2, 0.25) is 5.91 Å². The van der Waals surface area contributed by atoms with E-state index in [1.807, 2.05) is 0 Å². The van der Waals surface area contributed by atoms with Gasteiger partial charge in [-0.25, -0.2) is 0 Å². The summed E-state index contributed by atoms with van der Waals surface area (Å²) < 4.78 is 6.05. The van der Waals surface area contributed by atoms with Gasteiger partial charge >= 0.3 is 0 Å². The van der Waals surface area contributed by atoms with Gasteiger partial charge < -0.3 is 15.0 Å². The first kappa shape index (κ1) is 16.5. The van der Waals surface area contributed by atoms with Crippen LogP contribution in [0.3, 0.4) is 0 Å². The van der Waals surface area contributed by atoms with Crippen molar-refractivity contribution in [3.63, 3.8) is 0 Å². The highest BCUT2D eigenvalue weighted by atomic mass is 32.1. The number of likely N-dealkylation sites (tertiary alicyclic amines) is 2. The standard InChI is InChI=1S/C18H27N3O2S/c22-18(19-5-9-20-6-1-2-7-20)17-11-15-16(23-17)3-8-21(15)12-14-4-10-24-13-14/h4,10,13,15-17H,1-3,5-9,11-12H2,(H,19,22)/t15-,16-,17+/m0/s1. The maximum absolute atomic E-state index is 12.4. The van der Waals surface area contributed by atoms with E-state index in [9.17, 15) is 4.79 Å². The number of amides is 1. The maximum Gasteiger partial charge on any atom is 0.249 e. The molecule has 3 fully saturated rings. The minimum absolute atomic E-state index is 0.0825. The average Bonchev–Trinajstić information content (AvgIpc) is 3.34. The van der Waals surface area contributed by atoms with E-state index in [0.29, 0.717) is 6.04 Å². The molecule has 3 aliphatic rings. The van der Waals surface area contributed by atoms with E-state index in [1.54, 1.807) is 11.3 Å². The Bertz CT molecular complexity index is 544. The first-order valence-electron chi connectivity index (χ1n) is 9.20. The van der Waals surface area contributed by atoms with Crippen molar-refractivity contribution in [2.24, 2.45) is 0 Å². The first-order chi connectivity index (χ1) is 11.8. The lowest BCUT2D eigenvalue weighted by molar-refractivity contribution is -0.132. The third kappa shape index (κ3) is 3.67. The van der Waals surface area contributed by atoms with E-state index < -0.39 is 0 Å². The van der Waals surface area contributed by atoms with Crippen LogP contribution < -0.4 is 5.32 Å². The number of hydrogen-bond acceptors (Lipinski definition) is 5. The van der Waals surface area contributed by atoms with Gasteiger partial charge in [0.25, 0.3) is 0 Å². The topological polar surface area (TPSA) is 44.8 Å². The van der Waals surface area contributed by atoms with Crippen molar-refractivity contribution in [1.82, 2.24) is 15.1 Å². The van der Waals surface area contributed by atoms with Crippen LogP contribution in [0.1, 0.15) is 31.2 Å². The summed E-state index contributed by atoms with van der Waals surface area (Å²) in [5.74, 6) is 0.0825. The van der Waals surface area contributed by atoms with Crippen molar-refractivity contribution < 1.29 is 9.53 Å². The third-order valence-corrected chi connectivity index (χ3v) is 6.31. The quantitative estimate of drug-likeness (QED) is 0.849. The van der Waals surface area contributed by atoms with Crippen LogP contribution in [0, 0.1) is 0 Å². The van der Waals surface area contributed by atoms with Crippen LogP contribution in [0.5, 0.6) is 0 Å². The van der Waals surface area contributed by atoms with Gasteiger partial charge in [-0.15, -0.1) is 0 Å². The Kier molecular flexibility index (Phi) is 5.17. The van der Waals surface area contributed by atoms with Crippen LogP contribution in [-0.2, 0) is 16.1 Å². The lowest BCUT2D eigenvalue weighted by Crippen LogP contribution is -2.40. The molecule has 0 aromatic carbocycles. The van der Waals surface area contributed by atoms with Crippen molar-refractivity contribution in [2.45, 2.75) is 50.5 Å². The fourth-order valence-corrected chi connectivity index (χ4v) is 4.93. The SMILES string of the molecule is O=C(NCCN1CCCC1)[C@H]1C[C@H]2[C@H](CCN2Cc2ccsc2)O1. The Hall–Kier alpha value is -0.950. The molecule has 0 radical (unpaired) electrons. The summed E-state index contributed by atoms with van der Waals surface area (Å²) in [4.78, 5) is 17.3. The zero-order valence-corrected chi connectivity index (χ0v) is 15.0. The highest BCUT2D eigenvalue weighted by Crippen LogP contribution is 2.34. The summed E-state index contributed by atoms with van der Waals surface area (Å²) in [6, 6.07) is 2.59. The van der Waals surface area contributed by atoms with Gasteiger partial charge in [-0.2, -0.15) is 11.3 Å². The lowest BCUT2D eigenvalue weighted by atomic mass is 10.1. The summed E-state index contributed by atoms with van der Waals surface area (Å²) in [5.41, 5.74) is 1.37. The number of hydrogen-bond donors (Lipinski definition) is 1. The number of fused-ring (bicyclic) bond motifs is 1. The second-order valence-corrected chi connectivity index (χ2v) is 7.98. The van der Waals surface area contributed by atoms with E-state index in [-0.39, 0.29) is 18.1 Å². The van der Waals surface area contributed by atoms with E-state index in [0.717, 1.165) is 39.0 Å². The number of ether oxygens (including phenoxy) is 1. The Labute approximate surface area is 148 Å². The molecule has 24 heavy (non-hydrogen) atoms. The average molecular weight is 350 g/mol. The Morgan fingerprint density at radius 1 is 1.33 bits per heavy atom. The molecular weight excluding hydrogens is 322 g/mol. The Balaban J connectivity index is 1.24. The van der Waals surface area contributed by atoms with E-state index >= 15 is 0 Å². The fraction of sp³-hybridized carbons (Fsp3) is 0.722. The van der Waals surface area contributed by atoms with Crippen LogP contribution >= 0.6 is 11.3 Å². The van der Waals surface area contributed by atoms with Gasteiger partial charge in [-0.05, 0) is 54.7 Å². The van der Waals surface area contributed by atoms with Crippen LogP contribution in [0.25, 0.3) is 0 Å². The minimum atomic E-state index is -0.260. The number of thiophene rings is 1. The zero-order valence-electron chi connectivity index (χ0n) is 14.2. The number of nitrogens with zero attached hydrogens (tertiary/aromatic N) is 2. The highest BCUT2D eigenvalue weighted by molar-refractivity contribution is 7.07. The van der Waals surface area contributed by atoms with E-state index in [4.69, 9.17) is 4.74 Å². The molecule has 6 heteroatoms. The summed E-state index contributed by atoms with van der Waals surface area (Å²) >= 11 is 1.75. The van der Waals surface area contributed by atoms with E-state index in [2.05, 4.69) is 31.9 Å². The molecule has 0 saturated carbocycles. The zero-order chi connectivity index (χ0) is 16.4. The van der Waals surface area contributed by atoms with Crippen molar-refractivity contribution in [2.75, 3.05) is 32.7 Å². The van der Waals surface area contributed by atoms with Crippen LogP contribution in [0.15, 0.2) is 16.8 Å². The Morgan fingerprint density at radius 3 is 3.00 bits per heavy atom. The maximum atomic E-state index is 12.4. The molecule has 0 unspecified atom stereocenters. The van der Waals surface area contributed by atoms with Gasteiger partial charge in [0.15, 0.2) is 0 Å². The van der Waals surface area contributed by atoms with Crippen LogP contribution in [0.2, 0.25) is 0 Å². The number of rotatable bonds is 6. The van der Waals surface area contributed by atoms with Crippen LogP contribution in [-0.4, -0.2) is 66.7 Å². The molecule has 1 N–H and O–H groups in total. The molecule has 1 amide bonds. The molecule has 5 nitrogen and oxygen atoms in total. The molecule has 0 bridgehead atoms. The minimum Gasteiger partial charge on any atom is -0.363 e. The summed E-state index contributed by atoms with van der Waals surface area (Å²) in [5, 5.41) is 7.42. The molecular formula is C18H27N3O2S. The predicted molar refractivity (Wildman–Crippen MR) is 95.1 cm³/mol. The van der Waals surface area contributed by atoms with Gasteiger partial charge in [0.05, 0.1) is 6.10 Å². The lowest BCUT2D eigenvalue weighted by Gasteiger charge is -2.22. The van der Waals surface area contributed by atoms with Gasteiger partial charge in [-0.3, -0.25) is 9.69 Å². The molecule has 132 valence electrons. The molecule has 0 aliphatic carbocycles. The summed E-state index contributed by atoms with van der Waals surface area (Å²) in [7, 11) is 0. The van der Waals surface area contributed by atoms with Crippen molar-refractivity contribution in [1.29, 1.82) is 0 Å². The van der Waals surface area contributed by atoms with Crippen molar-refractivity contribution >= 4 is 17.2 Å². The third-order valence-electron chi connectivity index (χ3n) is 5.58. The summed E-state index contributed by atoms with van der Waals surface area (Å²) in [6.45, 7) is 6.13. The summed E-state index contributed by atoms with van der Waals surface area (Å²) in [6.07, 6.45) is 4.45. The molecule has 1 aromatic rings. The molecule has 3 saturated heterocycles. The molecule has 3 aliphatic heterocycles. The van der Waals surface area contributed by atoms with Crippen molar-refractivity contribution in [3.8, 4) is 0 Å². The smallest absolute Gasteiger partial charge is 0.249 e. The number of carbonyl (C=O) groups is 1. The van der Waals surface area contributed by atoms with Crippen molar-refractivity contribution in [3.05, 3.63) is 22.4 Å². The van der Waals surface area contributed by atoms with E-state index in [1.165, 1.54) is 31.5 Å². The number of carbonyl (C=O) groups excluding carboxylic acids is 1. The fourth-order valence-electron chi connectivity index (χ4n) is 4.27. The Morgan fingerprint density at radius 2 is 2.21 bits per heavy atom. The van der Waals surface area contributed by atoms with Gasteiger partial charge in [-0.1, -0.05) is 0 Å². The van der Waals surface area contributed by atoms with Gasteiger partial charge in [0.1, 0.15) is 6.10 Å². The molecule has 4 rings (SSSR count). The van der Waals surface area contributed by atoms with Crippen LogP contribution in [0.4, 0.5) is 0 Å². The predicted octanol–water partition coefficient (Wildman–Crippen LogP) is 1.69. The number of nitrogens with one attached hydrogen (secondary N) is 1. The highest BCUT2D eigenvalue weighted by Gasteiger charge is 2.45. The molecule has 1 aromatic heterocycles. The largest absolute Gasteiger partial charge is 0.363 e. The second kappa shape index (κ2) is 7.52. The van der Waals surface area contributed by atoms with Gasteiger partial charge in [0, 0.05) is 38.6 Å². The second-order valence-electron chi connectivity index (χ2n) is 7.20. The molecule has 3 atom stereocenters.